The lowest BCUT2D eigenvalue weighted by molar-refractivity contribution is -0.121. The summed E-state index contributed by atoms with van der Waals surface area (Å²) in [5, 5.41) is 12.6. The average Bonchev–Trinajstić information content (AvgIpc) is 2.72. The normalized spacial score (nSPS) is 15.3. The Morgan fingerprint density at radius 1 is 1.19 bits per heavy atom. The smallest absolute Gasteiger partial charge is 0.243 e. The summed E-state index contributed by atoms with van der Waals surface area (Å²) in [7, 11) is 0. The summed E-state index contributed by atoms with van der Waals surface area (Å²) in [4.78, 5) is 24.4. The number of unbranched alkanes of at least 4 members (excludes halogenated alkanes) is 2. The lowest BCUT2D eigenvalue weighted by Crippen LogP contribution is -2.34. The van der Waals surface area contributed by atoms with Gasteiger partial charge in [-0.3, -0.25) is 4.79 Å². The van der Waals surface area contributed by atoms with Gasteiger partial charge in [-0.1, -0.05) is 31.9 Å². The van der Waals surface area contributed by atoms with Crippen LogP contribution in [-0.4, -0.2) is 35.5 Å². The molecule has 1 unspecified atom stereocenters. The number of carbonyl (C=O) groups excluding carboxylic acids is 1. The number of amides is 1. The first kappa shape index (κ1) is 19.1. The van der Waals surface area contributed by atoms with Gasteiger partial charge in [-0.25, -0.2) is 9.97 Å². The van der Waals surface area contributed by atoms with Crippen LogP contribution in [0.4, 0.5) is 5.82 Å². The molecule has 6 nitrogen and oxygen atoms in total. The van der Waals surface area contributed by atoms with E-state index in [9.17, 15) is 10.1 Å². The van der Waals surface area contributed by atoms with Gasteiger partial charge in [0.2, 0.25) is 5.91 Å². The molecule has 27 heavy (non-hydrogen) atoms. The second-order valence-electron chi connectivity index (χ2n) is 7.03. The van der Waals surface area contributed by atoms with Gasteiger partial charge in [0.05, 0.1) is 17.1 Å². The summed E-state index contributed by atoms with van der Waals surface area (Å²) in [5.74, 6) is -0.541. The Balaban J connectivity index is 1.94. The van der Waals surface area contributed by atoms with Gasteiger partial charge in [0.1, 0.15) is 5.69 Å². The van der Waals surface area contributed by atoms with Crippen molar-refractivity contribution in [2.24, 2.45) is 0 Å². The van der Waals surface area contributed by atoms with E-state index in [2.05, 4.69) is 23.2 Å². The van der Waals surface area contributed by atoms with E-state index in [-0.39, 0.29) is 5.91 Å². The van der Waals surface area contributed by atoms with Crippen LogP contribution in [0.3, 0.4) is 0 Å². The van der Waals surface area contributed by atoms with Gasteiger partial charge in [0, 0.05) is 19.6 Å². The topological polar surface area (TPSA) is 81.9 Å². The van der Waals surface area contributed by atoms with Crippen molar-refractivity contribution in [2.45, 2.75) is 51.4 Å². The van der Waals surface area contributed by atoms with Crippen LogP contribution in [0.25, 0.3) is 11.0 Å². The molecule has 1 atom stereocenters. The van der Waals surface area contributed by atoms with Crippen molar-refractivity contribution in [1.29, 1.82) is 5.26 Å². The molecule has 0 bridgehead atoms. The summed E-state index contributed by atoms with van der Waals surface area (Å²) in [6.45, 7) is 4.48. The molecular weight excluding hydrogens is 338 g/mol. The first-order valence-electron chi connectivity index (χ1n) is 9.93. The monoisotopic (exact) mass is 365 g/mol. The van der Waals surface area contributed by atoms with E-state index in [1.165, 1.54) is 6.42 Å². The molecule has 0 spiro atoms. The fourth-order valence-corrected chi connectivity index (χ4v) is 3.47. The van der Waals surface area contributed by atoms with Gasteiger partial charge in [-0.15, -0.1) is 0 Å². The Morgan fingerprint density at radius 2 is 1.89 bits per heavy atom. The third-order valence-corrected chi connectivity index (χ3v) is 4.98. The SMILES string of the molecule is CCCCCNC(=O)C(C#N)c1nc2ccccc2nc1N1CCCCC1. The minimum Gasteiger partial charge on any atom is -0.355 e. The molecule has 142 valence electrons. The van der Waals surface area contributed by atoms with Gasteiger partial charge in [-0.05, 0) is 37.8 Å². The Labute approximate surface area is 160 Å². The van der Waals surface area contributed by atoms with E-state index in [4.69, 9.17) is 9.97 Å². The third-order valence-electron chi connectivity index (χ3n) is 4.98. The number of fused-ring (bicyclic) bond motifs is 1. The van der Waals surface area contributed by atoms with Crippen molar-refractivity contribution >= 4 is 22.8 Å². The minimum atomic E-state index is -0.944. The fourth-order valence-electron chi connectivity index (χ4n) is 3.47. The highest BCUT2D eigenvalue weighted by Crippen LogP contribution is 2.29. The van der Waals surface area contributed by atoms with E-state index in [1.54, 1.807) is 0 Å². The highest BCUT2D eigenvalue weighted by atomic mass is 16.1. The fraction of sp³-hybridized carbons (Fsp3) is 0.524. The third kappa shape index (κ3) is 4.54. The van der Waals surface area contributed by atoms with Crippen LogP contribution in [0.15, 0.2) is 24.3 Å². The maximum absolute atomic E-state index is 12.7. The Kier molecular flexibility index (Phi) is 6.59. The van der Waals surface area contributed by atoms with Gasteiger partial charge in [0.25, 0.3) is 0 Å². The summed E-state index contributed by atoms with van der Waals surface area (Å²) < 4.78 is 0. The minimum absolute atomic E-state index is 0.281. The molecule has 2 aromatic rings. The molecule has 1 aliphatic rings. The molecule has 2 heterocycles. The molecule has 1 aromatic carbocycles. The number of carbonyl (C=O) groups is 1. The molecular formula is C21H27N5O. The number of aromatic nitrogens is 2. The van der Waals surface area contributed by atoms with Crippen molar-refractivity contribution in [1.82, 2.24) is 15.3 Å². The molecule has 1 aromatic heterocycles. The molecule has 3 rings (SSSR count). The first-order valence-corrected chi connectivity index (χ1v) is 9.93. The van der Waals surface area contributed by atoms with E-state index in [1.807, 2.05) is 24.3 Å². The highest BCUT2D eigenvalue weighted by molar-refractivity contribution is 5.88. The Hall–Kier alpha value is -2.68. The number of rotatable bonds is 7. The molecule has 0 saturated carbocycles. The lowest BCUT2D eigenvalue weighted by atomic mass is 10.0. The van der Waals surface area contributed by atoms with Crippen LogP contribution in [0.1, 0.15) is 57.1 Å². The second kappa shape index (κ2) is 9.31. The molecule has 6 heteroatoms. The van der Waals surface area contributed by atoms with Crippen LogP contribution >= 0.6 is 0 Å². The van der Waals surface area contributed by atoms with Crippen molar-refractivity contribution in [3.63, 3.8) is 0 Å². The zero-order valence-electron chi connectivity index (χ0n) is 15.9. The van der Waals surface area contributed by atoms with Gasteiger partial charge in [0.15, 0.2) is 11.7 Å². The lowest BCUT2D eigenvalue weighted by Gasteiger charge is -2.29. The molecule has 1 amide bonds. The number of benzene rings is 1. The van der Waals surface area contributed by atoms with Crippen LogP contribution < -0.4 is 10.2 Å². The van der Waals surface area contributed by atoms with Crippen LogP contribution in [-0.2, 0) is 4.79 Å². The van der Waals surface area contributed by atoms with Crippen LogP contribution in [0.5, 0.6) is 0 Å². The number of para-hydroxylation sites is 2. The average molecular weight is 365 g/mol. The summed E-state index contributed by atoms with van der Waals surface area (Å²) in [6, 6.07) is 9.78. The van der Waals surface area contributed by atoms with Gasteiger partial charge >= 0.3 is 0 Å². The molecule has 1 fully saturated rings. The largest absolute Gasteiger partial charge is 0.355 e. The van der Waals surface area contributed by atoms with E-state index < -0.39 is 5.92 Å². The Morgan fingerprint density at radius 3 is 2.56 bits per heavy atom. The van der Waals surface area contributed by atoms with Crippen molar-refractivity contribution in [3.05, 3.63) is 30.0 Å². The number of piperidine rings is 1. The van der Waals surface area contributed by atoms with Crippen LogP contribution in [0, 0.1) is 11.3 Å². The predicted octanol–water partition coefficient (Wildman–Crippen LogP) is 3.53. The molecule has 1 aliphatic heterocycles. The number of hydrogen-bond acceptors (Lipinski definition) is 5. The number of nitrogens with one attached hydrogen (secondary N) is 1. The van der Waals surface area contributed by atoms with E-state index in [0.717, 1.165) is 50.7 Å². The highest BCUT2D eigenvalue weighted by Gasteiger charge is 2.29. The van der Waals surface area contributed by atoms with Gasteiger partial charge < -0.3 is 10.2 Å². The van der Waals surface area contributed by atoms with Crippen molar-refractivity contribution < 1.29 is 4.79 Å². The first-order chi connectivity index (χ1) is 13.2. The van der Waals surface area contributed by atoms with E-state index in [0.29, 0.717) is 23.6 Å². The van der Waals surface area contributed by atoms with Crippen molar-refractivity contribution in [2.75, 3.05) is 24.5 Å². The zero-order chi connectivity index (χ0) is 19.1. The quantitative estimate of drug-likeness (QED) is 0.759. The van der Waals surface area contributed by atoms with Crippen LogP contribution in [0.2, 0.25) is 0 Å². The van der Waals surface area contributed by atoms with Gasteiger partial charge in [-0.2, -0.15) is 5.26 Å². The number of nitriles is 1. The second-order valence-corrected chi connectivity index (χ2v) is 7.03. The standard InChI is InChI=1S/C21H27N5O/c1-2-3-7-12-23-21(27)16(15-22)19-20(26-13-8-4-9-14-26)25-18-11-6-5-10-17(18)24-19/h5-6,10-11,16H,2-4,7-9,12-14H2,1H3,(H,23,27). The summed E-state index contributed by atoms with van der Waals surface area (Å²) in [6.07, 6.45) is 6.46. The summed E-state index contributed by atoms with van der Waals surface area (Å²) in [5.41, 5.74) is 1.99. The molecule has 1 saturated heterocycles. The maximum Gasteiger partial charge on any atom is 0.243 e. The zero-order valence-corrected chi connectivity index (χ0v) is 15.9. The van der Waals surface area contributed by atoms with Crippen molar-refractivity contribution in [3.8, 4) is 6.07 Å². The Bertz CT molecular complexity index is 823. The van der Waals surface area contributed by atoms with E-state index >= 15 is 0 Å². The number of nitrogens with zero attached hydrogens (tertiary/aromatic N) is 4. The predicted molar refractivity (Wildman–Crippen MR) is 106 cm³/mol. The molecule has 0 radical (unpaired) electrons. The number of anilines is 1. The number of hydrogen-bond donors (Lipinski definition) is 1. The summed E-state index contributed by atoms with van der Waals surface area (Å²) >= 11 is 0. The molecule has 1 N–H and O–H groups in total. The molecule has 0 aliphatic carbocycles. The maximum atomic E-state index is 12.7.